The molecule has 0 saturated carbocycles. The largest absolute Gasteiger partial charge is 0.401 e. The normalized spacial score (nSPS) is 14.5. The minimum absolute atomic E-state index is 0.0747. The standard InChI is InChI=1S/C12H25F3N4O/c1-5-16-11(18-10(2)8-20-4)17-6-7-19(3)9-12(13,14)15/h10H,5-9H2,1-4H3,(H2,16,17,18). The number of alkyl halides is 3. The molecule has 0 spiro atoms. The molecule has 8 heteroatoms. The van der Waals surface area contributed by atoms with Gasteiger partial charge in [-0.15, -0.1) is 0 Å². The van der Waals surface area contributed by atoms with E-state index in [4.69, 9.17) is 4.74 Å². The van der Waals surface area contributed by atoms with Gasteiger partial charge in [0.1, 0.15) is 0 Å². The molecule has 0 aromatic heterocycles. The molecule has 1 atom stereocenters. The van der Waals surface area contributed by atoms with Crippen LogP contribution in [0.4, 0.5) is 13.2 Å². The monoisotopic (exact) mass is 298 g/mol. The molecule has 20 heavy (non-hydrogen) atoms. The minimum Gasteiger partial charge on any atom is -0.383 e. The van der Waals surface area contributed by atoms with Gasteiger partial charge >= 0.3 is 6.18 Å². The Balaban J connectivity index is 4.19. The van der Waals surface area contributed by atoms with Crippen molar-refractivity contribution in [1.29, 1.82) is 0 Å². The summed E-state index contributed by atoms with van der Waals surface area (Å²) in [5, 5.41) is 6.15. The van der Waals surface area contributed by atoms with Gasteiger partial charge in [-0.1, -0.05) is 0 Å². The van der Waals surface area contributed by atoms with Crippen LogP contribution >= 0.6 is 0 Å². The molecule has 0 saturated heterocycles. The Labute approximate surface area is 118 Å². The van der Waals surface area contributed by atoms with Crippen molar-refractivity contribution in [3.8, 4) is 0 Å². The quantitative estimate of drug-likeness (QED) is 0.520. The second-order valence-corrected chi connectivity index (χ2v) is 4.61. The molecule has 0 aromatic carbocycles. The summed E-state index contributed by atoms with van der Waals surface area (Å²) in [7, 11) is 3.03. The van der Waals surface area contributed by atoms with Crippen LogP contribution in [0.1, 0.15) is 13.8 Å². The summed E-state index contributed by atoms with van der Waals surface area (Å²) in [6.45, 7) is 4.69. The van der Waals surface area contributed by atoms with Gasteiger partial charge in [-0.2, -0.15) is 13.2 Å². The van der Waals surface area contributed by atoms with Gasteiger partial charge in [0.25, 0.3) is 0 Å². The lowest BCUT2D eigenvalue weighted by Crippen LogP contribution is -2.44. The number of hydrogen-bond acceptors (Lipinski definition) is 3. The van der Waals surface area contributed by atoms with E-state index in [0.717, 1.165) is 0 Å². The van der Waals surface area contributed by atoms with Crippen LogP contribution in [-0.4, -0.2) is 70.0 Å². The van der Waals surface area contributed by atoms with E-state index < -0.39 is 12.7 Å². The molecular formula is C12H25F3N4O. The van der Waals surface area contributed by atoms with Gasteiger partial charge in [0.05, 0.1) is 19.7 Å². The average molecular weight is 298 g/mol. The Morgan fingerprint density at radius 1 is 1.40 bits per heavy atom. The van der Waals surface area contributed by atoms with Crippen LogP contribution < -0.4 is 10.6 Å². The highest BCUT2D eigenvalue weighted by atomic mass is 19.4. The molecule has 2 N–H and O–H groups in total. The molecule has 1 unspecified atom stereocenters. The van der Waals surface area contributed by atoms with Crippen LogP contribution in [0.15, 0.2) is 4.99 Å². The first-order valence-electron chi connectivity index (χ1n) is 6.57. The van der Waals surface area contributed by atoms with Gasteiger partial charge in [-0.05, 0) is 20.9 Å². The molecule has 0 radical (unpaired) electrons. The maximum Gasteiger partial charge on any atom is 0.401 e. The Bertz CT molecular complexity index is 284. The van der Waals surface area contributed by atoms with E-state index in [2.05, 4.69) is 15.6 Å². The van der Waals surface area contributed by atoms with Gasteiger partial charge in [0.2, 0.25) is 0 Å². The number of methoxy groups -OCH3 is 1. The molecule has 0 fully saturated rings. The number of guanidine groups is 1. The van der Waals surface area contributed by atoms with E-state index in [9.17, 15) is 13.2 Å². The van der Waals surface area contributed by atoms with Crippen molar-refractivity contribution in [3.63, 3.8) is 0 Å². The molecule has 0 aliphatic rings. The summed E-state index contributed by atoms with van der Waals surface area (Å²) in [6.07, 6.45) is -4.17. The Morgan fingerprint density at radius 2 is 2.05 bits per heavy atom. The summed E-state index contributed by atoms with van der Waals surface area (Å²) in [6, 6.07) is 0.0747. The molecule has 0 aliphatic heterocycles. The zero-order chi connectivity index (χ0) is 15.6. The number of hydrogen-bond donors (Lipinski definition) is 2. The minimum atomic E-state index is -4.17. The van der Waals surface area contributed by atoms with E-state index in [1.165, 1.54) is 11.9 Å². The predicted molar refractivity (Wildman–Crippen MR) is 74.0 cm³/mol. The highest BCUT2D eigenvalue weighted by Gasteiger charge is 2.28. The SMILES string of the molecule is CCNC(=NCCN(C)CC(F)(F)F)NC(C)COC. The highest BCUT2D eigenvalue weighted by molar-refractivity contribution is 5.80. The first-order valence-corrected chi connectivity index (χ1v) is 6.57. The average Bonchev–Trinajstić information content (AvgIpc) is 2.26. The third kappa shape index (κ3) is 10.9. The van der Waals surface area contributed by atoms with Crippen molar-refractivity contribution in [1.82, 2.24) is 15.5 Å². The molecule has 0 bridgehead atoms. The highest BCUT2D eigenvalue weighted by Crippen LogP contribution is 2.15. The maximum absolute atomic E-state index is 12.2. The summed E-state index contributed by atoms with van der Waals surface area (Å²) >= 11 is 0. The van der Waals surface area contributed by atoms with Crippen LogP contribution in [0, 0.1) is 0 Å². The maximum atomic E-state index is 12.2. The zero-order valence-corrected chi connectivity index (χ0v) is 12.5. The molecule has 0 rings (SSSR count). The molecule has 0 heterocycles. The Morgan fingerprint density at radius 3 is 2.55 bits per heavy atom. The third-order valence-corrected chi connectivity index (χ3v) is 2.34. The molecule has 120 valence electrons. The van der Waals surface area contributed by atoms with E-state index in [1.54, 1.807) is 7.11 Å². The second-order valence-electron chi connectivity index (χ2n) is 4.61. The number of halogens is 3. The van der Waals surface area contributed by atoms with Crippen molar-refractivity contribution in [2.75, 3.05) is 46.9 Å². The molecule has 0 amide bonds. The van der Waals surface area contributed by atoms with Gasteiger partial charge in [0.15, 0.2) is 5.96 Å². The molecule has 0 aromatic rings. The summed E-state index contributed by atoms with van der Waals surface area (Å²) in [5.41, 5.74) is 0. The van der Waals surface area contributed by atoms with Crippen LogP contribution in [-0.2, 0) is 4.74 Å². The lowest BCUT2D eigenvalue weighted by Gasteiger charge is -2.19. The van der Waals surface area contributed by atoms with E-state index in [1.807, 2.05) is 13.8 Å². The lowest BCUT2D eigenvalue weighted by molar-refractivity contribution is -0.142. The van der Waals surface area contributed by atoms with Gasteiger partial charge in [0, 0.05) is 26.2 Å². The van der Waals surface area contributed by atoms with Crippen LogP contribution in [0.25, 0.3) is 0 Å². The topological polar surface area (TPSA) is 48.9 Å². The van der Waals surface area contributed by atoms with Gasteiger partial charge in [-0.25, -0.2) is 0 Å². The lowest BCUT2D eigenvalue weighted by atomic mass is 10.4. The number of ether oxygens (including phenoxy) is 1. The molecular weight excluding hydrogens is 273 g/mol. The Hall–Kier alpha value is -1.02. The number of rotatable bonds is 8. The van der Waals surface area contributed by atoms with Crippen molar-refractivity contribution in [2.45, 2.75) is 26.1 Å². The smallest absolute Gasteiger partial charge is 0.383 e. The van der Waals surface area contributed by atoms with E-state index in [-0.39, 0.29) is 12.6 Å². The third-order valence-electron chi connectivity index (χ3n) is 2.34. The fourth-order valence-electron chi connectivity index (χ4n) is 1.56. The van der Waals surface area contributed by atoms with Gasteiger partial charge < -0.3 is 15.4 Å². The van der Waals surface area contributed by atoms with Crippen LogP contribution in [0.5, 0.6) is 0 Å². The number of likely N-dealkylation sites (N-methyl/N-ethyl adjacent to an activating group) is 1. The predicted octanol–water partition coefficient (Wildman–Crippen LogP) is 1.07. The van der Waals surface area contributed by atoms with Crippen LogP contribution in [0.2, 0.25) is 0 Å². The second kappa shape index (κ2) is 9.82. The van der Waals surface area contributed by atoms with E-state index in [0.29, 0.717) is 25.7 Å². The first kappa shape index (κ1) is 19.0. The number of aliphatic imine (C=N–C) groups is 1. The van der Waals surface area contributed by atoms with Crippen molar-refractivity contribution in [2.24, 2.45) is 4.99 Å². The van der Waals surface area contributed by atoms with Crippen molar-refractivity contribution in [3.05, 3.63) is 0 Å². The van der Waals surface area contributed by atoms with Crippen molar-refractivity contribution < 1.29 is 17.9 Å². The molecule has 0 aliphatic carbocycles. The van der Waals surface area contributed by atoms with Crippen molar-refractivity contribution >= 4 is 5.96 Å². The summed E-state index contributed by atoms with van der Waals surface area (Å²) in [4.78, 5) is 5.44. The number of nitrogens with one attached hydrogen (secondary N) is 2. The summed E-state index contributed by atoms with van der Waals surface area (Å²) in [5.74, 6) is 0.581. The first-order chi connectivity index (χ1) is 9.28. The summed E-state index contributed by atoms with van der Waals surface area (Å²) < 4.78 is 41.5. The van der Waals surface area contributed by atoms with E-state index >= 15 is 0 Å². The fourth-order valence-corrected chi connectivity index (χ4v) is 1.56. The number of nitrogens with zero attached hydrogens (tertiary/aromatic N) is 2. The zero-order valence-electron chi connectivity index (χ0n) is 12.5. The van der Waals surface area contributed by atoms with Crippen LogP contribution in [0.3, 0.4) is 0 Å². The Kier molecular flexibility index (Phi) is 9.32. The molecule has 5 nitrogen and oxygen atoms in total. The van der Waals surface area contributed by atoms with Gasteiger partial charge in [-0.3, -0.25) is 9.89 Å². The fraction of sp³-hybridized carbons (Fsp3) is 0.917.